The lowest BCUT2D eigenvalue weighted by Crippen LogP contribution is -2.56. The summed E-state index contributed by atoms with van der Waals surface area (Å²) >= 11 is 1.28. The van der Waals surface area contributed by atoms with Gasteiger partial charge in [-0.1, -0.05) is 18.2 Å². The number of rotatable bonds is 9. The summed E-state index contributed by atoms with van der Waals surface area (Å²) in [5.74, 6) is 1.56. The van der Waals surface area contributed by atoms with Crippen molar-refractivity contribution in [2.75, 3.05) is 20.2 Å². The number of oxazole rings is 1. The van der Waals surface area contributed by atoms with Crippen LogP contribution in [0, 0.1) is 18.8 Å². The normalized spacial score (nSPS) is 23.5. The van der Waals surface area contributed by atoms with Crippen molar-refractivity contribution in [3.05, 3.63) is 68.7 Å². The lowest BCUT2D eigenvalue weighted by atomic mass is 10.0. The number of benzene rings is 1. The molecular formula is C35H42N4O7S. The Morgan fingerprint density at radius 2 is 1.83 bits per heavy atom. The number of amides is 1. The molecule has 4 heterocycles. The van der Waals surface area contributed by atoms with Crippen molar-refractivity contribution in [3.8, 4) is 16.5 Å². The second-order valence-corrected chi connectivity index (χ2v) is 14.8. The average molecular weight is 663 g/mol. The quantitative estimate of drug-likeness (QED) is 0.269. The summed E-state index contributed by atoms with van der Waals surface area (Å²) in [6.07, 6.45) is 7.12. The number of aliphatic hydroxyl groups excluding tert-OH is 1. The van der Waals surface area contributed by atoms with Crippen LogP contribution in [0.15, 0.2) is 50.7 Å². The smallest absolute Gasteiger partial charge is 0.333 e. The number of carbonyl (C=O) groups is 1. The van der Waals surface area contributed by atoms with E-state index in [0.29, 0.717) is 57.2 Å². The van der Waals surface area contributed by atoms with Crippen molar-refractivity contribution < 1.29 is 23.8 Å². The Morgan fingerprint density at radius 3 is 2.49 bits per heavy atom. The van der Waals surface area contributed by atoms with Gasteiger partial charge in [0.25, 0.3) is 5.56 Å². The van der Waals surface area contributed by atoms with Crippen LogP contribution in [0.4, 0.5) is 0 Å². The van der Waals surface area contributed by atoms with Crippen molar-refractivity contribution in [2.24, 2.45) is 11.8 Å². The van der Waals surface area contributed by atoms with E-state index >= 15 is 0 Å². The zero-order valence-corrected chi connectivity index (χ0v) is 28.1. The minimum absolute atomic E-state index is 0.0642. The number of ether oxygens (including phenoxy) is 2. The third-order valence-electron chi connectivity index (χ3n) is 10.5. The molecule has 1 aromatic carbocycles. The predicted molar refractivity (Wildman–Crippen MR) is 178 cm³/mol. The minimum atomic E-state index is -1.43. The third kappa shape index (κ3) is 5.53. The number of methoxy groups -OCH3 is 1. The van der Waals surface area contributed by atoms with Gasteiger partial charge in [0.15, 0.2) is 0 Å². The first-order valence-electron chi connectivity index (χ1n) is 16.5. The molecule has 250 valence electrons. The van der Waals surface area contributed by atoms with Crippen LogP contribution in [0.5, 0.6) is 5.75 Å². The highest BCUT2D eigenvalue weighted by Crippen LogP contribution is 2.47. The maximum Gasteiger partial charge on any atom is 0.333 e. The van der Waals surface area contributed by atoms with Crippen molar-refractivity contribution in [1.29, 1.82) is 0 Å². The maximum absolute atomic E-state index is 14.7. The van der Waals surface area contributed by atoms with Crippen LogP contribution < -0.4 is 16.0 Å². The van der Waals surface area contributed by atoms with Crippen molar-refractivity contribution in [2.45, 2.75) is 89.7 Å². The number of para-hydroxylation sites is 1. The van der Waals surface area contributed by atoms with E-state index in [-0.39, 0.29) is 24.7 Å². The first-order valence-corrected chi connectivity index (χ1v) is 17.3. The minimum Gasteiger partial charge on any atom is -0.496 e. The van der Waals surface area contributed by atoms with Crippen LogP contribution >= 0.6 is 11.3 Å². The number of carbonyl (C=O) groups excluding carboxylic acids is 1. The summed E-state index contributed by atoms with van der Waals surface area (Å²) in [4.78, 5) is 50.3. The fraction of sp³-hybridized carbons (Fsp3) is 0.543. The van der Waals surface area contributed by atoms with Crippen LogP contribution in [-0.2, 0) is 21.6 Å². The Labute approximate surface area is 276 Å². The molecule has 4 unspecified atom stereocenters. The van der Waals surface area contributed by atoms with E-state index in [2.05, 4.69) is 4.98 Å². The fourth-order valence-electron chi connectivity index (χ4n) is 8.13. The molecule has 1 amide bonds. The third-order valence-corrected chi connectivity index (χ3v) is 11.8. The van der Waals surface area contributed by atoms with Crippen LogP contribution in [0.25, 0.3) is 21.0 Å². The van der Waals surface area contributed by atoms with Crippen molar-refractivity contribution in [1.82, 2.24) is 19.0 Å². The molecule has 0 spiro atoms. The second kappa shape index (κ2) is 12.4. The monoisotopic (exact) mass is 662 g/mol. The maximum atomic E-state index is 14.7. The number of hydrogen-bond acceptors (Lipinski definition) is 9. The fourth-order valence-corrected chi connectivity index (χ4v) is 9.37. The van der Waals surface area contributed by atoms with Gasteiger partial charge in [0.1, 0.15) is 28.5 Å². The predicted octanol–water partition coefficient (Wildman–Crippen LogP) is 4.86. The lowest BCUT2D eigenvalue weighted by Gasteiger charge is -2.31. The lowest BCUT2D eigenvalue weighted by molar-refractivity contribution is -0.138. The molecule has 1 saturated heterocycles. The van der Waals surface area contributed by atoms with Crippen LogP contribution in [0.1, 0.15) is 69.6 Å². The van der Waals surface area contributed by atoms with Gasteiger partial charge in [-0.05, 0) is 82.8 Å². The molecule has 1 N–H and O–H groups in total. The molecule has 2 aliphatic carbocycles. The van der Waals surface area contributed by atoms with E-state index < -0.39 is 22.9 Å². The molecule has 12 heteroatoms. The molecule has 3 aliphatic rings. The van der Waals surface area contributed by atoms with Gasteiger partial charge in [-0.2, -0.15) is 0 Å². The summed E-state index contributed by atoms with van der Waals surface area (Å²) in [6.45, 7) is 6.43. The highest BCUT2D eigenvalue weighted by molar-refractivity contribution is 7.22. The van der Waals surface area contributed by atoms with Crippen LogP contribution in [-0.4, -0.2) is 62.4 Å². The Hall–Kier alpha value is -3.74. The number of thiophene rings is 1. The summed E-state index contributed by atoms with van der Waals surface area (Å²) in [5.41, 5.74) is -1.09. The van der Waals surface area contributed by atoms with Gasteiger partial charge in [-0.15, -0.1) is 11.3 Å². The first kappa shape index (κ1) is 31.8. The summed E-state index contributed by atoms with van der Waals surface area (Å²) in [5, 5.41) is 10.6. The highest BCUT2D eigenvalue weighted by atomic mass is 32.1. The standard InChI is InChI=1S/C35H42N4O7S/c1-20-28-31(41)39(35(2,3)33(42)37-12-7-8-13-37)34(43)38(32(28)47-29(20)30-36-11-14-45-30)19-27(25-9-5-6-10-26(25)44-4)46-24-17-21-15-23(40)16-22(21)18-24/h5-6,9-11,14,21-24,27,40H,7-8,12-13,15-19H2,1-4H3/t21-,22?,23?,24?,27?/m0/s1. The van der Waals surface area contributed by atoms with Gasteiger partial charge in [-0.3, -0.25) is 14.2 Å². The van der Waals surface area contributed by atoms with E-state index in [1.807, 2.05) is 31.2 Å². The average Bonchev–Trinajstić information content (AvgIpc) is 3.88. The summed E-state index contributed by atoms with van der Waals surface area (Å²) < 4.78 is 21.0. The van der Waals surface area contributed by atoms with E-state index in [4.69, 9.17) is 13.9 Å². The van der Waals surface area contributed by atoms with Gasteiger partial charge in [-0.25, -0.2) is 14.3 Å². The Balaban J connectivity index is 1.39. The number of aromatic nitrogens is 3. The zero-order chi connectivity index (χ0) is 33.0. The number of hydrogen-bond donors (Lipinski definition) is 1. The summed E-state index contributed by atoms with van der Waals surface area (Å²) in [6, 6.07) is 7.63. The van der Waals surface area contributed by atoms with E-state index in [1.54, 1.807) is 36.6 Å². The molecule has 4 aromatic rings. The molecule has 1 aliphatic heterocycles. The molecule has 47 heavy (non-hydrogen) atoms. The van der Waals surface area contributed by atoms with Gasteiger partial charge in [0.2, 0.25) is 11.8 Å². The van der Waals surface area contributed by atoms with Gasteiger partial charge in [0.05, 0.1) is 42.3 Å². The molecule has 2 saturated carbocycles. The first-order chi connectivity index (χ1) is 22.6. The second-order valence-electron chi connectivity index (χ2n) is 13.8. The number of aryl methyl sites for hydroxylation is 1. The van der Waals surface area contributed by atoms with E-state index in [9.17, 15) is 19.5 Å². The van der Waals surface area contributed by atoms with E-state index in [0.717, 1.165) is 48.7 Å². The Morgan fingerprint density at radius 1 is 1.13 bits per heavy atom. The number of fused-ring (bicyclic) bond motifs is 2. The zero-order valence-electron chi connectivity index (χ0n) is 27.3. The Kier molecular flexibility index (Phi) is 8.38. The summed E-state index contributed by atoms with van der Waals surface area (Å²) in [7, 11) is 1.61. The van der Waals surface area contributed by atoms with E-state index in [1.165, 1.54) is 17.6 Å². The molecule has 3 aromatic heterocycles. The largest absolute Gasteiger partial charge is 0.496 e. The topological polar surface area (TPSA) is 129 Å². The Bertz CT molecular complexity index is 1890. The molecule has 11 nitrogen and oxygen atoms in total. The molecule has 7 rings (SSSR count). The molecule has 0 bridgehead atoms. The SMILES string of the molecule is COc1ccccc1C(Cn1c(=O)n(C(C)(C)C(=O)N2CCCC2)c(=O)c2c(C)c(-c3ncco3)sc21)OC1CC2CC(O)C[C@H]2C1. The molecule has 0 radical (unpaired) electrons. The number of aliphatic hydroxyl groups is 1. The number of likely N-dealkylation sites (tertiary alicyclic amines) is 1. The highest BCUT2D eigenvalue weighted by Gasteiger charge is 2.43. The number of nitrogens with zero attached hydrogens (tertiary/aromatic N) is 4. The van der Waals surface area contributed by atoms with Gasteiger partial charge >= 0.3 is 5.69 Å². The molecule has 5 atom stereocenters. The van der Waals surface area contributed by atoms with Crippen LogP contribution in [0.2, 0.25) is 0 Å². The van der Waals surface area contributed by atoms with Crippen molar-refractivity contribution in [3.63, 3.8) is 0 Å². The molecule has 3 fully saturated rings. The van der Waals surface area contributed by atoms with Gasteiger partial charge < -0.3 is 23.9 Å². The van der Waals surface area contributed by atoms with Crippen molar-refractivity contribution >= 4 is 27.5 Å². The molecular weight excluding hydrogens is 620 g/mol. The van der Waals surface area contributed by atoms with Crippen LogP contribution in [0.3, 0.4) is 0 Å². The van der Waals surface area contributed by atoms with Gasteiger partial charge in [0, 0.05) is 18.7 Å².